The molecule has 1 aliphatic carbocycles. The van der Waals surface area contributed by atoms with Crippen LogP contribution in [0.3, 0.4) is 0 Å². The zero-order valence-electron chi connectivity index (χ0n) is 16.5. The number of Topliss-reactive ketones (excluding diaryl/α,β-unsaturated/α-hetero) is 2. The number of ketones is 2. The average Bonchev–Trinajstić information content (AvgIpc) is 3.27. The van der Waals surface area contributed by atoms with Gasteiger partial charge in [0.15, 0.2) is 5.78 Å². The zero-order chi connectivity index (χ0) is 20.8. The molecule has 0 N–H and O–H groups in total. The van der Waals surface area contributed by atoms with Gasteiger partial charge >= 0.3 is 0 Å². The first-order valence-electron chi connectivity index (χ1n) is 10.0. The summed E-state index contributed by atoms with van der Waals surface area (Å²) in [4.78, 5) is 26.6. The maximum Gasteiger partial charge on any atom is 0.157 e. The monoisotopic (exact) mass is 413 g/mol. The Balaban J connectivity index is 1.65. The van der Waals surface area contributed by atoms with Gasteiger partial charge in [0.25, 0.3) is 0 Å². The number of pyridine rings is 1. The van der Waals surface area contributed by atoms with Gasteiger partial charge in [-0.1, -0.05) is 60.1 Å². The number of hydrogen-bond acceptors (Lipinski definition) is 2. The third kappa shape index (κ3) is 2.98. The molecule has 0 radical (unpaired) electrons. The Morgan fingerprint density at radius 1 is 0.933 bits per heavy atom. The molecule has 0 unspecified atom stereocenters. The molecule has 1 saturated carbocycles. The lowest BCUT2D eigenvalue weighted by molar-refractivity contribution is -0.124. The molecule has 1 aliphatic rings. The van der Waals surface area contributed by atoms with E-state index < -0.39 is 11.8 Å². The fourth-order valence-electron chi connectivity index (χ4n) is 4.50. The molecule has 2 heterocycles. The van der Waals surface area contributed by atoms with E-state index in [0.717, 1.165) is 27.9 Å². The summed E-state index contributed by atoms with van der Waals surface area (Å²) in [6.45, 7) is 1.91. The molecule has 1 fully saturated rings. The van der Waals surface area contributed by atoms with Gasteiger partial charge in [-0.05, 0) is 47.9 Å². The molecule has 2 aromatic carbocycles. The second-order valence-corrected chi connectivity index (χ2v) is 8.28. The van der Waals surface area contributed by atoms with Crippen molar-refractivity contribution in [3.63, 3.8) is 0 Å². The van der Waals surface area contributed by atoms with Gasteiger partial charge in [-0.25, -0.2) is 0 Å². The molecular weight excluding hydrogens is 394 g/mol. The van der Waals surface area contributed by atoms with Crippen molar-refractivity contribution in [2.75, 3.05) is 0 Å². The van der Waals surface area contributed by atoms with Crippen LogP contribution in [0.1, 0.15) is 35.1 Å². The van der Waals surface area contributed by atoms with Crippen LogP contribution in [0.5, 0.6) is 0 Å². The fourth-order valence-corrected chi connectivity index (χ4v) is 4.69. The Kier molecular flexibility index (Phi) is 4.56. The van der Waals surface area contributed by atoms with Gasteiger partial charge in [0.1, 0.15) is 11.7 Å². The number of carbonyl (C=O) groups is 2. The van der Waals surface area contributed by atoms with Crippen LogP contribution >= 0.6 is 11.6 Å². The van der Waals surface area contributed by atoms with Crippen LogP contribution in [0, 0.1) is 6.92 Å². The average molecular weight is 414 g/mol. The molecule has 0 spiro atoms. The van der Waals surface area contributed by atoms with Crippen LogP contribution < -0.4 is 0 Å². The Bertz CT molecular complexity index is 1290. The van der Waals surface area contributed by atoms with E-state index in [4.69, 9.17) is 11.6 Å². The topological polar surface area (TPSA) is 38.5 Å². The maximum absolute atomic E-state index is 13.6. The van der Waals surface area contributed by atoms with E-state index in [-0.39, 0.29) is 18.0 Å². The van der Waals surface area contributed by atoms with Gasteiger partial charge in [0.2, 0.25) is 0 Å². The van der Waals surface area contributed by atoms with Crippen molar-refractivity contribution >= 4 is 28.7 Å². The first kappa shape index (κ1) is 18.8. The second-order valence-electron chi connectivity index (χ2n) is 7.87. The molecule has 3 nitrogen and oxygen atoms in total. The van der Waals surface area contributed by atoms with Crippen molar-refractivity contribution in [2.24, 2.45) is 0 Å². The molecule has 0 saturated heterocycles. The van der Waals surface area contributed by atoms with Gasteiger partial charge in [-0.3, -0.25) is 9.59 Å². The molecule has 4 heteroatoms. The van der Waals surface area contributed by atoms with E-state index in [1.54, 1.807) is 6.07 Å². The number of fused-ring (bicyclic) bond motifs is 1. The Morgan fingerprint density at radius 3 is 2.47 bits per heavy atom. The Labute approximate surface area is 179 Å². The number of aromatic nitrogens is 1. The first-order valence-corrected chi connectivity index (χ1v) is 10.4. The highest BCUT2D eigenvalue weighted by Gasteiger charge is 2.44. The zero-order valence-corrected chi connectivity index (χ0v) is 17.3. The lowest BCUT2D eigenvalue weighted by atomic mass is 9.91. The summed E-state index contributed by atoms with van der Waals surface area (Å²) in [5.41, 5.74) is 5.54. The van der Waals surface area contributed by atoms with E-state index in [1.165, 1.54) is 0 Å². The fraction of sp³-hybridized carbons (Fsp3) is 0.154. The van der Waals surface area contributed by atoms with Crippen molar-refractivity contribution in [3.05, 3.63) is 101 Å². The van der Waals surface area contributed by atoms with Gasteiger partial charge in [-0.2, -0.15) is 0 Å². The molecule has 4 aromatic rings. The molecule has 0 bridgehead atoms. The quantitative estimate of drug-likeness (QED) is 0.387. The third-order valence-electron chi connectivity index (χ3n) is 6.02. The predicted octanol–water partition coefficient (Wildman–Crippen LogP) is 5.98. The number of hydrogen-bond donors (Lipinski definition) is 0. The van der Waals surface area contributed by atoms with Gasteiger partial charge < -0.3 is 4.40 Å². The number of rotatable bonds is 3. The van der Waals surface area contributed by atoms with Crippen molar-refractivity contribution in [1.29, 1.82) is 0 Å². The summed E-state index contributed by atoms with van der Waals surface area (Å²) in [7, 11) is 0. The van der Waals surface area contributed by atoms with Crippen LogP contribution in [-0.4, -0.2) is 16.0 Å². The SMILES string of the molecule is Cc1ccc([C@@H]2C(=O)C[C@H](c3c(-c4ccccc4)cc4ccccn34)C2=O)cc1Cl. The molecule has 148 valence electrons. The summed E-state index contributed by atoms with van der Waals surface area (Å²) in [5.74, 6) is -1.34. The molecule has 2 atom stereocenters. The van der Waals surface area contributed by atoms with Gasteiger partial charge in [0.05, 0.1) is 5.92 Å². The van der Waals surface area contributed by atoms with Crippen LogP contribution in [-0.2, 0) is 9.59 Å². The van der Waals surface area contributed by atoms with E-state index in [0.29, 0.717) is 10.6 Å². The van der Waals surface area contributed by atoms with E-state index >= 15 is 0 Å². The van der Waals surface area contributed by atoms with Gasteiger partial charge in [-0.15, -0.1) is 0 Å². The maximum atomic E-state index is 13.6. The van der Waals surface area contributed by atoms with Crippen LogP contribution in [0.4, 0.5) is 0 Å². The number of carbonyl (C=O) groups excluding carboxylic acids is 2. The minimum Gasteiger partial charge on any atom is -0.320 e. The third-order valence-corrected chi connectivity index (χ3v) is 6.43. The molecular formula is C26H20ClNO2. The second kappa shape index (κ2) is 7.26. The van der Waals surface area contributed by atoms with Crippen molar-refractivity contribution < 1.29 is 9.59 Å². The minimum absolute atomic E-state index is 0.0465. The molecule has 5 rings (SSSR count). The highest BCUT2D eigenvalue weighted by molar-refractivity contribution is 6.31. The summed E-state index contributed by atoms with van der Waals surface area (Å²) < 4.78 is 2.04. The number of aryl methyl sites for hydroxylation is 1. The highest BCUT2D eigenvalue weighted by Crippen LogP contribution is 2.43. The lowest BCUT2D eigenvalue weighted by Crippen LogP contribution is -2.16. The largest absolute Gasteiger partial charge is 0.320 e. The normalized spacial score (nSPS) is 19.0. The molecule has 30 heavy (non-hydrogen) atoms. The van der Waals surface area contributed by atoms with Crippen molar-refractivity contribution in [2.45, 2.75) is 25.2 Å². The number of nitrogens with zero attached hydrogens (tertiary/aromatic N) is 1. The summed E-state index contributed by atoms with van der Waals surface area (Å²) >= 11 is 6.28. The van der Waals surface area contributed by atoms with E-state index in [2.05, 4.69) is 6.07 Å². The van der Waals surface area contributed by atoms with Crippen LogP contribution in [0.25, 0.3) is 16.6 Å². The smallest absolute Gasteiger partial charge is 0.157 e. The first-order chi connectivity index (χ1) is 14.5. The summed E-state index contributed by atoms with van der Waals surface area (Å²) in [5, 5.41) is 0.578. The van der Waals surface area contributed by atoms with Crippen LogP contribution in [0.2, 0.25) is 5.02 Å². The van der Waals surface area contributed by atoms with E-state index in [9.17, 15) is 9.59 Å². The van der Waals surface area contributed by atoms with Crippen molar-refractivity contribution in [1.82, 2.24) is 4.40 Å². The minimum atomic E-state index is -0.758. The molecule has 2 aromatic heterocycles. The Hall–Kier alpha value is -3.17. The molecule has 0 aliphatic heterocycles. The van der Waals surface area contributed by atoms with Crippen LogP contribution in [0.15, 0.2) is 79.0 Å². The standard InChI is InChI=1S/C26H20ClNO2/c1-16-10-11-18(13-22(16)27)24-23(29)15-21(26(24)30)25-20(17-7-3-2-4-8-17)14-19-9-5-6-12-28(19)25/h2-14,21,24H,15H2,1H3/t21-,24-/m1/s1. The Morgan fingerprint density at radius 2 is 1.70 bits per heavy atom. The molecule has 0 amide bonds. The number of halogens is 1. The van der Waals surface area contributed by atoms with Crippen molar-refractivity contribution in [3.8, 4) is 11.1 Å². The summed E-state index contributed by atoms with van der Waals surface area (Å²) in [6.07, 6.45) is 2.17. The number of benzene rings is 2. The van der Waals surface area contributed by atoms with E-state index in [1.807, 2.05) is 78.2 Å². The highest BCUT2D eigenvalue weighted by atomic mass is 35.5. The summed E-state index contributed by atoms with van der Waals surface area (Å²) in [6, 6.07) is 23.5. The lowest BCUT2D eigenvalue weighted by Gasteiger charge is -2.14. The predicted molar refractivity (Wildman–Crippen MR) is 119 cm³/mol. The van der Waals surface area contributed by atoms with Gasteiger partial charge in [0, 0.05) is 34.4 Å².